The summed E-state index contributed by atoms with van der Waals surface area (Å²) in [5.74, 6) is 1.05. The molecule has 0 spiro atoms. The largest absolute Gasteiger partial charge is 0.450 e. The van der Waals surface area contributed by atoms with Crippen LogP contribution in [0.1, 0.15) is 12.7 Å². The van der Waals surface area contributed by atoms with Crippen LogP contribution in [0.3, 0.4) is 0 Å². The molecule has 0 fully saturated rings. The minimum absolute atomic E-state index is 0. The van der Waals surface area contributed by atoms with Crippen LogP contribution in [0, 0.1) is 5.82 Å². The minimum Gasteiger partial charge on any atom is -0.450 e. The van der Waals surface area contributed by atoms with E-state index in [9.17, 15) is 4.39 Å². The van der Waals surface area contributed by atoms with Gasteiger partial charge >= 0.3 is 0 Å². The van der Waals surface area contributed by atoms with Gasteiger partial charge in [0.1, 0.15) is 22.7 Å². The molecule has 4 nitrogen and oxygen atoms in total. The number of rotatable bonds is 3. The Labute approximate surface area is 144 Å². The van der Waals surface area contributed by atoms with Crippen LogP contribution in [0.2, 0.25) is 0 Å². The number of hydrogen-bond donors (Lipinski definition) is 1. The van der Waals surface area contributed by atoms with Gasteiger partial charge in [-0.2, -0.15) is 0 Å². The van der Waals surface area contributed by atoms with E-state index < -0.39 is 0 Å². The maximum atomic E-state index is 13.1. The first kappa shape index (κ1) is 16.2. The second kappa shape index (κ2) is 6.45. The molecule has 0 aliphatic rings. The van der Waals surface area contributed by atoms with Crippen LogP contribution in [0.4, 0.5) is 15.9 Å². The van der Waals surface area contributed by atoms with E-state index in [4.69, 9.17) is 4.42 Å². The number of aryl methyl sites for hydroxylation is 1. The average molecular weight is 344 g/mol. The van der Waals surface area contributed by atoms with E-state index in [1.165, 1.54) is 12.1 Å². The SMILES string of the molecule is CCc1nc(Nc2ccc(F)cc2)c2oc3ccccc3c2n1.Cl. The maximum Gasteiger partial charge on any atom is 0.196 e. The number of anilines is 2. The number of furan rings is 1. The normalized spacial score (nSPS) is 10.8. The number of nitrogens with one attached hydrogen (secondary N) is 1. The summed E-state index contributed by atoms with van der Waals surface area (Å²) in [5.41, 5.74) is 2.91. The van der Waals surface area contributed by atoms with Crippen molar-refractivity contribution in [3.05, 3.63) is 60.2 Å². The van der Waals surface area contributed by atoms with E-state index in [1.54, 1.807) is 12.1 Å². The summed E-state index contributed by atoms with van der Waals surface area (Å²) in [6, 6.07) is 13.9. The van der Waals surface area contributed by atoms with Crippen LogP contribution in [-0.4, -0.2) is 9.97 Å². The summed E-state index contributed by atoms with van der Waals surface area (Å²) in [4.78, 5) is 9.12. The van der Waals surface area contributed by atoms with Gasteiger partial charge in [0.2, 0.25) is 0 Å². The van der Waals surface area contributed by atoms with Crippen molar-refractivity contribution in [1.29, 1.82) is 0 Å². The second-order valence-electron chi connectivity index (χ2n) is 5.25. The number of benzene rings is 2. The van der Waals surface area contributed by atoms with E-state index in [0.717, 1.165) is 28.0 Å². The average Bonchev–Trinajstić information content (AvgIpc) is 2.96. The minimum atomic E-state index is -0.277. The van der Waals surface area contributed by atoms with Gasteiger partial charge in [0.05, 0.1) is 0 Å². The zero-order valence-corrected chi connectivity index (χ0v) is 13.7. The van der Waals surface area contributed by atoms with Gasteiger partial charge < -0.3 is 9.73 Å². The van der Waals surface area contributed by atoms with E-state index in [-0.39, 0.29) is 18.2 Å². The maximum absolute atomic E-state index is 13.1. The molecule has 0 aliphatic heterocycles. The number of para-hydroxylation sites is 1. The molecule has 2 aromatic carbocycles. The first-order chi connectivity index (χ1) is 11.2. The van der Waals surface area contributed by atoms with Crippen LogP contribution in [0.15, 0.2) is 52.9 Å². The number of nitrogens with zero attached hydrogens (tertiary/aromatic N) is 2. The molecule has 2 aromatic heterocycles. The van der Waals surface area contributed by atoms with Crippen LogP contribution < -0.4 is 5.32 Å². The summed E-state index contributed by atoms with van der Waals surface area (Å²) in [5, 5.41) is 4.16. The molecule has 2 heterocycles. The number of halogens is 2. The summed E-state index contributed by atoms with van der Waals surface area (Å²) < 4.78 is 19.0. The van der Waals surface area contributed by atoms with Crippen molar-refractivity contribution in [2.24, 2.45) is 0 Å². The van der Waals surface area contributed by atoms with Crippen LogP contribution in [0.25, 0.3) is 22.1 Å². The Morgan fingerprint density at radius 2 is 1.79 bits per heavy atom. The molecule has 0 radical (unpaired) electrons. The summed E-state index contributed by atoms with van der Waals surface area (Å²) in [7, 11) is 0. The van der Waals surface area contributed by atoms with Crippen molar-refractivity contribution >= 4 is 46.0 Å². The molecule has 0 saturated carbocycles. The van der Waals surface area contributed by atoms with Gasteiger partial charge in [-0.1, -0.05) is 19.1 Å². The molecule has 0 atom stereocenters. The van der Waals surface area contributed by atoms with Crippen LogP contribution in [-0.2, 0) is 6.42 Å². The molecule has 1 N–H and O–H groups in total. The van der Waals surface area contributed by atoms with E-state index in [0.29, 0.717) is 17.8 Å². The van der Waals surface area contributed by atoms with Crippen LogP contribution >= 0.6 is 12.4 Å². The standard InChI is InChI=1S/C18H14FN3O.ClH/c1-2-15-21-16-13-5-3-4-6-14(13)23-17(16)18(22-15)20-12-9-7-11(19)8-10-12;/h3-10H,2H2,1H3,(H,20,21,22);1H. The molecule has 122 valence electrons. The summed E-state index contributed by atoms with van der Waals surface area (Å²) in [6.07, 6.45) is 0.716. The Morgan fingerprint density at radius 1 is 1.04 bits per heavy atom. The molecule has 0 bridgehead atoms. The lowest BCUT2D eigenvalue weighted by Crippen LogP contribution is -2.00. The Bertz CT molecular complexity index is 998. The fraction of sp³-hybridized carbons (Fsp3) is 0.111. The van der Waals surface area contributed by atoms with E-state index >= 15 is 0 Å². The lowest BCUT2D eigenvalue weighted by molar-refractivity contribution is 0.628. The van der Waals surface area contributed by atoms with Gasteiger partial charge in [-0.25, -0.2) is 14.4 Å². The Morgan fingerprint density at radius 3 is 2.54 bits per heavy atom. The first-order valence-electron chi connectivity index (χ1n) is 7.45. The zero-order chi connectivity index (χ0) is 15.8. The highest BCUT2D eigenvalue weighted by molar-refractivity contribution is 6.06. The third-order valence-electron chi connectivity index (χ3n) is 3.69. The molecule has 0 amide bonds. The van der Waals surface area contributed by atoms with Gasteiger partial charge in [-0.05, 0) is 36.4 Å². The quantitative estimate of drug-likeness (QED) is 0.552. The molecule has 24 heavy (non-hydrogen) atoms. The molecular formula is C18H15ClFN3O. The first-order valence-corrected chi connectivity index (χ1v) is 7.45. The lowest BCUT2D eigenvalue weighted by Gasteiger charge is -2.07. The Kier molecular flexibility index (Phi) is 4.36. The molecule has 6 heteroatoms. The third-order valence-corrected chi connectivity index (χ3v) is 3.69. The van der Waals surface area contributed by atoms with Crippen molar-refractivity contribution in [2.45, 2.75) is 13.3 Å². The lowest BCUT2D eigenvalue weighted by atomic mass is 10.2. The predicted molar refractivity (Wildman–Crippen MR) is 95.6 cm³/mol. The smallest absolute Gasteiger partial charge is 0.196 e. The van der Waals surface area contributed by atoms with Crippen molar-refractivity contribution in [3.63, 3.8) is 0 Å². The highest BCUT2D eigenvalue weighted by Gasteiger charge is 2.15. The molecule has 0 saturated heterocycles. The molecule has 0 unspecified atom stereocenters. The highest BCUT2D eigenvalue weighted by atomic mass is 35.5. The van der Waals surface area contributed by atoms with Gasteiger partial charge in [0, 0.05) is 17.5 Å². The molecular weight excluding hydrogens is 329 g/mol. The monoisotopic (exact) mass is 343 g/mol. The van der Waals surface area contributed by atoms with Crippen molar-refractivity contribution in [3.8, 4) is 0 Å². The van der Waals surface area contributed by atoms with Gasteiger partial charge in [-0.3, -0.25) is 0 Å². The fourth-order valence-corrected chi connectivity index (χ4v) is 2.55. The van der Waals surface area contributed by atoms with Crippen LogP contribution in [0.5, 0.6) is 0 Å². The summed E-state index contributed by atoms with van der Waals surface area (Å²) >= 11 is 0. The van der Waals surface area contributed by atoms with Crippen molar-refractivity contribution in [2.75, 3.05) is 5.32 Å². The van der Waals surface area contributed by atoms with E-state index in [2.05, 4.69) is 15.3 Å². The second-order valence-corrected chi connectivity index (χ2v) is 5.25. The van der Waals surface area contributed by atoms with Gasteiger partial charge in [0.15, 0.2) is 11.4 Å². The Hall–Kier alpha value is -2.66. The number of aromatic nitrogens is 2. The zero-order valence-electron chi connectivity index (χ0n) is 12.9. The van der Waals surface area contributed by atoms with E-state index in [1.807, 2.05) is 31.2 Å². The fourth-order valence-electron chi connectivity index (χ4n) is 2.55. The predicted octanol–water partition coefficient (Wildman–Crippen LogP) is 5.24. The van der Waals surface area contributed by atoms with Gasteiger partial charge in [-0.15, -0.1) is 12.4 Å². The third kappa shape index (κ3) is 2.78. The highest BCUT2D eigenvalue weighted by Crippen LogP contribution is 2.32. The topological polar surface area (TPSA) is 51.0 Å². The van der Waals surface area contributed by atoms with Gasteiger partial charge in [0.25, 0.3) is 0 Å². The molecule has 4 rings (SSSR count). The number of hydrogen-bond acceptors (Lipinski definition) is 4. The number of fused-ring (bicyclic) bond motifs is 3. The Balaban J connectivity index is 0.00000169. The van der Waals surface area contributed by atoms with Crippen molar-refractivity contribution in [1.82, 2.24) is 9.97 Å². The summed E-state index contributed by atoms with van der Waals surface area (Å²) in [6.45, 7) is 2.01. The molecule has 4 aromatic rings. The van der Waals surface area contributed by atoms with Crippen molar-refractivity contribution < 1.29 is 8.81 Å². The molecule has 0 aliphatic carbocycles.